The van der Waals surface area contributed by atoms with E-state index in [2.05, 4.69) is 19.2 Å². The summed E-state index contributed by atoms with van der Waals surface area (Å²) in [6.45, 7) is 4.29. The van der Waals surface area contributed by atoms with E-state index in [1.54, 1.807) is 0 Å². The van der Waals surface area contributed by atoms with Gasteiger partial charge in [0, 0.05) is 18.2 Å². The van der Waals surface area contributed by atoms with Crippen molar-refractivity contribution in [3.8, 4) is 0 Å². The normalized spacial score (nSPS) is 30.7. The molecular weight excluding hydrogens is 194 g/mol. The predicted molar refractivity (Wildman–Crippen MR) is 56.3 cm³/mol. The Morgan fingerprint density at radius 3 is 2.40 bits per heavy atom. The highest BCUT2D eigenvalue weighted by molar-refractivity contribution is 5.94. The Balaban J connectivity index is 2.42. The van der Waals surface area contributed by atoms with E-state index < -0.39 is 5.97 Å². The number of carboxylic acid groups (broad SMARTS) is 1. The minimum absolute atomic E-state index is 0.186. The number of hydrogen-bond donors (Lipinski definition) is 2. The van der Waals surface area contributed by atoms with Crippen LogP contribution in [0.5, 0.6) is 0 Å². The Hall–Kier alpha value is -1.32. The van der Waals surface area contributed by atoms with Crippen LogP contribution in [-0.4, -0.2) is 23.0 Å². The fraction of sp³-hybridized carbons (Fsp3) is 0.636. The molecule has 0 bridgehead atoms. The van der Waals surface area contributed by atoms with Gasteiger partial charge in [-0.1, -0.05) is 13.8 Å². The van der Waals surface area contributed by atoms with Gasteiger partial charge in [0.2, 0.25) is 5.91 Å². The van der Waals surface area contributed by atoms with Gasteiger partial charge in [-0.15, -0.1) is 0 Å². The van der Waals surface area contributed by atoms with Crippen molar-refractivity contribution >= 4 is 11.9 Å². The van der Waals surface area contributed by atoms with Crippen LogP contribution < -0.4 is 5.32 Å². The molecule has 0 saturated heterocycles. The largest absolute Gasteiger partial charge is 0.478 e. The second-order valence-electron chi connectivity index (χ2n) is 4.20. The van der Waals surface area contributed by atoms with Gasteiger partial charge in [-0.2, -0.15) is 0 Å². The Morgan fingerprint density at radius 2 is 1.93 bits per heavy atom. The summed E-state index contributed by atoms with van der Waals surface area (Å²) < 4.78 is 0. The molecule has 0 aliphatic heterocycles. The van der Waals surface area contributed by atoms with Gasteiger partial charge in [0.25, 0.3) is 0 Å². The smallest absolute Gasteiger partial charge is 0.328 e. The van der Waals surface area contributed by atoms with Crippen molar-refractivity contribution in [2.45, 2.75) is 32.7 Å². The van der Waals surface area contributed by atoms with Crippen LogP contribution in [0.4, 0.5) is 0 Å². The van der Waals surface area contributed by atoms with E-state index in [0.29, 0.717) is 11.8 Å². The zero-order valence-electron chi connectivity index (χ0n) is 9.06. The minimum atomic E-state index is -1.10. The molecule has 4 heteroatoms. The molecular formula is C11H17NO3. The molecule has 1 aliphatic rings. The Bertz CT molecular complexity index is 286. The molecule has 15 heavy (non-hydrogen) atoms. The number of carboxylic acids is 1. The molecule has 3 unspecified atom stereocenters. The molecule has 0 heterocycles. The Morgan fingerprint density at radius 1 is 1.27 bits per heavy atom. The predicted octanol–water partition coefficient (Wildman–Crippen LogP) is 1.18. The number of aliphatic carboxylic acids is 1. The molecule has 2 N–H and O–H groups in total. The SMILES string of the molecule is CC1CCC(NC(=O)/C=C/C(=O)O)C1C. The molecule has 0 aromatic rings. The van der Waals surface area contributed by atoms with E-state index in [4.69, 9.17) is 5.11 Å². The lowest BCUT2D eigenvalue weighted by atomic mass is 9.98. The zero-order chi connectivity index (χ0) is 11.4. The van der Waals surface area contributed by atoms with E-state index in [1.807, 2.05) is 0 Å². The van der Waals surface area contributed by atoms with Gasteiger partial charge in [0.05, 0.1) is 0 Å². The number of nitrogens with one attached hydrogen (secondary N) is 1. The first-order valence-electron chi connectivity index (χ1n) is 5.22. The topological polar surface area (TPSA) is 66.4 Å². The van der Waals surface area contributed by atoms with Gasteiger partial charge < -0.3 is 10.4 Å². The number of hydrogen-bond acceptors (Lipinski definition) is 2. The van der Waals surface area contributed by atoms with Crippen LogP contribution >= 0.6 is 0 Å². The first kappa shape index (κ1) is 11.8. The van der Waals surface area contributed by atoms with Crippen LogP contribution in [-0.2, 0) is 9.59 Å². The third kappa shape index (κ3) is 3.38. The lowest BCUT2D eigenvalue weighted by Crippen LogP contribution is -2.36. The van der Waals surface area contributed by atoms with Gasteiger partial charge in [0.1, 0.15) is 0 Å². The monoisotopic (exact) mass is 211 g/mol. The summed E-state index contributed by atoms with van der Waals surface area (Å²) in [5.41, 5.74) is 0. The average molecular weight is 211 g/mol. The second-order valence-corrected chi connectivity index (χ2v) is 4.20. The maximum Gasteiger partial charge on any atom is 0.328 e. The summed E-state index contributed by atoms with van der Waals surface area (Å²) >= 11 is 0. The summed E-state index contributed by atoms with van der Waals surface area (Å²) in [6.07, 6.45) is 4.03. The lowest BCUT2D eigenvalue weighted by Gasteiger charge is -2.18. The Labute approximate surface area is 89.4 Å². The molecule has 84 valence electrons. The van der Waals surface area contributed by atoms with Crippen molar-refractivity contribution in [3.05, 3.63) is 12.2 Å². The first-order chi connectivity index (χ1) is 7.00. The second kappa shape index (κ2) is 4.96. The molecule has 1 rings (SSSR count). The van der Waals surface area contributed by atoms with Gasteiger partial charge in [0.15, 0.2) is 0 Å². The van der Waals surface area contributed by atoms with Crippen molar-refractivity contribution < 1.29 is 14.7 Å². The summed E-state index contributed by atoms with van der Waals surface area (Å²) in [6, 6.07) is 0.186. The molecule has 1 saturated carbocycles. The quantitative estimate of drug-likeness (QED) is 0.689. The summed E-state index contributed by atoms with van der Waals surface area (Å²) in [7, 11) is 0. The highest BCUT2D eigenvalue weighted by Crippen LogP contribution is 2.30. The van der Waals surface area contributed by atoms with Crippen molar-refractivity contribution in [2.75, 3.05) is 0 Å². The third-order valence-corrected chi connectivity index (χ3v) is 3.17. The molecule has 3 atom stereocenters. The number of amides is 1. The third-order valence-electron chi connectivity index (χ3n) is 3.17. The fourth-order valence-corrected chi connectivity index (χ4v) is 1.95. The van der Waals surface area contributed by atoms with Crippen LogP contribution in [0.15, 0.2) is 12.2 Å². The van der Waals surface area contributed by atoms with Crippen molar-refractivity contribution in [3.63, 3.8) is 0 Å². The van der Waals surface area contributed by atoms with Crippen molar-refractivity contribution in [1.82, 2.24) is 5.32 Å². The molecule has 0 radical (unpaired) electrons. The van der Waals surface area contributed by atoms with E-state index in [1.165, 1.54) is 0 Å². The molecule has 1 fully saturated rings. The highest BCUT2D eigenvalue weighted by atomic mass is 16.4. The number of rotatable bonds is 3. The van der Waals surface area contributed by atoms with Crippen LogP contribution in [0.1, 0.15) is 26.7 Å². The molecule has 1 aliphatic carbocycles. The Kier molecular flexibility index (Phi) is 3.88. The highest BCUT2D eigenvalue weighted by Gasteiger charge is 2.30. The number of carbonyl (C=O) groups excluding carboxylic acids is 1. The van der Waals surface area contributed by atoms with Crippen LogP contribution in [0.3, 0.4) is 0 Å². The van der Waals surface area contributed by atoms with Crippen LogP contribution in [0.25, 0.3) is 0 Å². The van der Waals surface area contributed by atoms with Crippen LogP contribution in [0.2, 0.25) is 0 Å². The van der Waals surface area contributed by atoms with Crippen LogP contribution in [0, 0.1) is 11.8 Å². The molecule has 0 aromatic carbocycles. The number of carbonyl (C=O) groups is 2. The maximum absolute atomic E-state index is 11.3. The summed E-state index contributed by atoms with van der Waals surface area (Å²) in [5, 5.41) is 11.2. The molecule has 0 aromatic heterocycles. The van der Waals surface area contributed by atoms with Gasteiger partial charge in [-0.3, -0.25) is 4.79 Å². The summed E-state index contributed by atoms with van der Waals surface area (Å²) in [4.78, 5) is 21.5. The van der Waals surface area contributed by atoms with E-state index in [9.17, 15) is 9.59 Å². The average Bonchev–Trinajstić information content (AvgIpc) is 2.47. The maximum atomic E-state index is 11.3. The molecule has 4 nitrogen and oxygen atoms in total. The zero-order valence-corrected chi connectivity index (χ0v) is 9.06. The van der Waals surface area contributed by atoms with Crippen molar-refractivity contribution in [1.29, 1.82) is 0 Å². The summed E-state index contributed by atoms with van der Waals surface area (Å²) in [5.74, 6) is -0.327. The molecule has 1 amide bonds. The van der Waals surface area contributed by atoms with E-state index in [-0.39, 0.29) is 11.9 Å². The first-order valence-corrected chi connectivity index (χ1v) is 5.22. The standard InChI is InChI=1S/C11H17NO3/c1-7-3-4-9(8(7)2)12-10(13)5-6-11(14)15/h5-9H,3-4H2,1-2H3,(H,12,13)(H,14,15)/b6-5+. The molecule has 0 spiro atoms. The van der Waals surface area contributed by atoms with Gasteiger partial charge >= 0.3 is 5.97 Å². The fourth-order valence-electron chi connectivity index (χ4n) is 1.95. The van der Waals surface area contributed by atoms with E-state index >= 15 is 0 Å². The van der Waals surface area contributed by atoms with Gasteiger partial charge in [-0.05, 0) is 24.7 Å². The van der Waals surface area contributed by atoms with E-state index in [0.717, 1.165) is 25.0 Å². The van der Waals surface area contributed by atoms with Gasteiger partial charge in [-0.25, -0.2) is 4.79 Å². The minimum Gasteiger partial charge on any atom is -0.478 e. The lowest BCUT2D eigenvalue weighted by molar-refractivity contribution is -0.131. The van der Waals surface area contributed by atoms with Crippen molar-refractivity contribution in [2.24, 2.45) is 11.8 Å².